The van der Waals surface area contributed by atoms with Crippen LogP contribution in [0.5, 0.6) is 0 Å². The quantitative estimate of drug-likeness (QED) is 0.411. The molecule has 9 nitrogen and oxygen atoms in total. The molecule has 2 aromatic carbocycles. The fourth-order valence-electron chi connectivity index (χ4n) is 3.40. The summed E-state index contributed by atoms with van der Waals surface area (Å²) < 4.78 is 0. The molecule has 2 amide bonds. The van der Waals surface area contributed by atoms with Crippen LogP contribution >= 0.6 is 0 Å². The van der Waals surface area contributed by atoms with E-state index in [2.05, 4.69) is 37.9 Å². The SMILES string of the molecule is CCN(CCCCCn1nnc(-c2ccccc2)n1)CC(=O)Nc1ccc(NC(C)=O)cc1. The van der Waals surface area contributed by atoms with Gasteiger partial charge in [0.1, 0.15) is 0 Å². The number of aryl methyl sites for hydroxylation is 1. The zero-order chi connectivity index (χ0) is 23.5. The van der Waals surface area contributed by atoms with Crippen LogP contribution in [-0.4, -0.2) is 56.6 Å². The van der Waals surface area contributed by atoms with E-state index in [9.17, 15) is 9.59 Å². The molecular formula is C24H31N7O2. The minimum Gasteiger partial charge on any atom is -0.326 e. The molecule has 0 bridgehead atoms. The Morgan fingerprint density at radius 2 is 1.64 bits per heavy atom. The number of aromatic nitrogens is 4. The van der Waals surface area contributed by atoms with E-state index in [1.54, 1.807) is 29.1 Å². The third-order valence-corrected chi connectivity index (χ3v) is 5.12. The molecule has 0 aliphatic carbocycles. The molecule has 9 heteroatoms. The Bertz CT molecular complexity index is 1020. The van der Waals surface area contributed by atoms with Gasteiger partial charge in [0.25, 0.3) is 0 Å². The average Bonchev–Trinajstić information content (AvgIpc) is 3.28. The van der Waals surface area contributed by atoms with E-state index < -0.39 is 0 Å². The van der Waals surface area contributed by atoms with Crippen LogP contribution in [0.25, 0.3) is 11.4 Å². The van der Waals surface area contributed by atoms with E-state index in [-0.39, 0.29) is 11.8 Å². The van der Waals surface area contributed by atoms with E-state index >= 15 is 0 Å². The smallest absolute Gasteiger partial charge is 0.238 e. The largest absolute Gasteiger partial charge is 0.326 e. The number of hydrogen-bond donors (Lipinski definition) is 2. The van der Waals surface area contributed by atoms with Gasteiger partial charge in [0.15, 0.2) is 0 Å². The van der Waals surface area contributed by atoms with Crippen LogP contribution in [0.15, 0.2) is 54.6 Å². The molecule has 0 spiro atoms. The van der Waals surface area contributed by atoms with Crippen molar-refractivity contribution in [1.82, 2.24) is 25.1 Å². The lowest BCUT2D eigenvalue weighted by molar-refractivity contribution is -0.117. The molecule has 174 valence electrons. The average molecular weight is 450 g/mol. The van der Waals surface area contributed by atoms with Crippen molar-refractivity contribution in [3.63, 3.8) is 0 Å². The zero-order valence-corrected chi connectivity index (χ0v) is 19.2. The lowest BCUT2D eigenvalue weighted by Gasteiger charge is -2.19. The molecule has 0 saturated heterocycles. The van der Waals surface area contributed by atoms with Crippen molar-refractivity contribution in [3.8, 4) is 11.4 Å². The zero-order valence-electron chi connectivity index (χ0n) is 19.2. The molecule has 33 heavy (non-hydrogen) atoms. The second kappa shape index (κ2) is 12.4. The summed E-state index contributed by atoms with van der Waals surface area (Å²) in [4.78, 5) is 27.2. The summed E-state index contributed by atoms with van der Waals surface area (Å²) in [5.41, 5.74) is 2.37. The van der Waals surface area contributed by atoms with E-state index in [4.69, 9.17) is 0 Å². The summed E-state index contributed by atoms with van der Waals surface area (Å²) in [5, 5.41) is 18.3. The first-order chi connectivity index (χ1) is 16.0. The number of benzene rings is 2. The fraction of sp³-hybridized carbons (Fsp3) is 0.375. The van der Waals surface area contributed by atoms with Crippen LogP contribution in [0.2, 0.25) is 0 Å². The van der Waals surface area contributed by atoms with Gasteiger partial charge in [-0.3, -0.25) is 14.5 Å². The van der Waals surface area contributed by atoms with Gasteiger partial charge in [-0.2, -0.15) is 4.80 Å². The molecule has 0 atom stereocenters. The standard InChI is InChI=1S/C24H31N7O2/c1-3-30(18-23(33)26-22-14-12-21(13-15-22)25-19(2)32)16-8-5-9-17-31-28-24(27-29-31)20-10-6-4-7-11-20/h4,6-7,10-15H,3,5,8-9,16-18H2,1-2H3,(H,25,32)(H,26,33). The van der Waals surface area contributed by atoms with E-state index in [1.165, 1.54) is 6.92 Å². The van der Waals surface area contributed by atoms with Gasteiger partial charge >= 0.3 is 0 Å². The van der Waals surface area contributed by atoms with Crippen LogP contribution < -0.4 is 10.6 Å². The van der Waals surface area contributed by atoms with Gasteiger partial charge in [0.2, 0.25) is 17.6 Å². The number of carbonyl (C=O) groups excluding carboxylic acids is 2. The first kappa shape index (κ1) is 24.1. The summed E-state index contributed by atoms with van der Waals surface area (Å²) in [7, 11) is 0. The molecule has 0 saturated carbocycles. The monoisotopic (exact) mass is 449 g/mol. The van der Waals surface area contributed by atoms with Crippen LogP contribution in [0, 0.1) is 0 Å². The number of likely N-dealkylation sites (N-methyl/N-ethyl adjacent to an activating group) is 1. The van der Waals surface area contributed by atoms with Gasteiger partial charge in [-0.15, -0.1) is 10.2 Å². The van der Waals surface area contributed by atoms with Crippen molar-refractivity contribution in [2.45, 2.75) is 39.7 Å². The van der Waals surface area contributed by atoms with Crippen LogP contribution in [-0.2, 0) is 16.1 Å². The highest BCUT2D eigenvalue weighted by molar-refractivity contribution is 5.93. The maximum atomic E-state index is 12.4. The molecule has 0 aliphatic rings. The highest BCUT2D eigenvalue weighted by atomic mass is 16.2. The molecule has 2 N–H and O–H groups in total. The third kappa shape index (κ3) is 8.12. The molecule has 1 aromatic heterocycles. The number of amides is 2. The Balaban J connectivity index is 1.34. The topological polar surface area (TPSA) is 105 Å². The number of tetrazole rings is 1. The molecular weight excluding hydrogens is 418 g/mol. The second-order valence-electron chi connectivity index (χ2n) is 7.81. The van der Waals surface area contributed by atoms with Gasteiger partial charge in [0, 0.05) is 23.9 Å². The van der Waals surface area contributed by atoms with Crippen molar-refractivity contribution in [3.05, 3.63) is 54.6 Å². The highest BCUT2D eigenvalue weighted by Gasteiger charge is 2.10. The van der Waals surface area contributed by atoms with E-state index in [1.807, 2.05) is 30.3 Å². The maximum Gasteiger partial charge on any atom is 0.238 e. The van der Waals surface area contributed by atoms with Crippen LogP contribution in [0.1, 0.15) is 33.1 Å². The molecule has 3 aromatic rings. The Morgan fingerprint density at radius 3 is 2.30 bits per heavy atom. The van der Waals surface area contributed by atoms with E-state index in [0.717, 1.165) is 44.5 Å². The first-order valence-electron chi connectivity index (χ1n) is 11.3. The lowest BCUT2D eigenvalue weighted by Crippen LogP contribution is -2.33. The number of unbranched alkanes of at least 4 members (excludes halogenated alkanes) is 2. The summed E-state index contributed by atoms with van der Waals surface area (Å²) in [6.07, 6.45) is 2.96. The predicted octanol–water partition coefficient (Wildman–Crippen LogP) is 3.43. The van der Waals surface area contributed by atoms with Gasteiger partial charge < -0.3 is 10.6 Å². The molecule has 0 aliphatic heterocycles. The fourth-order valence-corrected chi connectivity index (χ4v) is 3.40. The van der Waals surface area contributed by atoms with Gasteiger partial charge in [0.05, 0.1) is 13.1 Å². The van der Waals surface area contributed by atoms with E-state index in [0.29, 0.717) is 23.7 Å². The Labute approximate surface area is 194 Å². The summed E-state index contributed by atoms with van der Waals surface area (Å²) in [5.74, 6) is 0.466. The highest BCUT2D eigenvalue weighted by Crippen LogP contribution is 2.14. The second-order valence-corrected chi connectivity index (χ2v) is 7.81. The normalized spacial score (nSPS) is 10.9. The van der Waals surface area contributed by atoms with Crippen LogP contribution in [0.4, 0.5) is 11.4 Å². The summed E-state index contributed by atoms with van der Waals surface area (Å²) in [6.45, 7) is 6.24. The number of carbonyl (C=O) groups is 2. The van der Waals surface area contributed by atoms with Crippen molar-refractivity contribution in [1.29, 1.82) is 0 Å². The van der Waals surface area contributed by atoms with Gasteiger partial charge in [-0.1, -0.05) is 43.7 Å². The van der Waals surface area contributed by atoms with Crippen molar-refractivity contribution in [2.24, 2.45) is 0 Å². The van der Waals surface area contributed by atoms with Gasteiger partial charge in [-0.05, 0) is 55.4 Å². The lowest BCUT2D eigenvalue weighted by atomic mass is 10.2. The molecule has 0 unspecified atom stereocenters. The van der Waals surface area contributed by atoms with Crippen molar-refractivity contribution >= 4 is 23.2 Å². The first-order valence-corrected chi connectivity index (χ1v) is 11.3. The molecule has 0 radical (unpaired) electrons. The summed E-state index contributed by atoms with van der Waals surface area (Å²) in [6, 6.07) is 16.9. The number of nitrogens with one attached hydrogen (secondary N) is 2. The minimum atomic E-state index is -0.125. The van der Waals surface area contributed by atoms with Gasteiger partial charge in [-0.25, -0.2) is 0 Å². The number of hydrogen-bond acceptors (Lipinski definition) is 6. The maximum absolute atomic E-state index is 12.4. The Hall–Kier alpha value is -3.59. The number of rotatable bonds is 12. The third-order valence-electron chi connectivity index (χ3n) is 5.12. The number of nitrogens with zero attached hydrogens (tertiary/aromatic N) is 5. The molecule has 1 heterocycles. The number of anilines is 2. The van der Waals surface area contributed by atoms with Crippen LogP contribution in [0.3, 0.4) is 0 Å². The minimum absolute atomic E-state index is 0.0515. The van der Waals surface area contributed by atoms with Crippen molar-refractivity contribution in [2.75, 3.05) is 30.3 Å². The van der Waals surface area contributed by atoms with Crippen molar-refractivity contribution < 1.29 is 9.59 Å². The summed E-state index contributed by atoms with van der Waals surface area (Å²) >= 11 is 0. The Morgan fingerprint density at radius 1 is 0.939 bits per heavy atom. The molecule has 0 fully saturated rings. The Kier molecular flexibility index (Phi) is 9.08. The predicted molar refractivity (Wildman–Crippen MR) is 129 cm³/mol. The molecule has 3 rings (SSSR count).